The molecule has 34 heavy (non-hydrogen) atoms. The summed E-state index contributed by atoms with van der Waals surface area (Å²) in [6.07, 6.45) is 0. The van der Waals surface area contributed by atoms with E-state index in [1.54, 1.807) is 51.5 Å². The molecule has 0 aromatic heterocycles. The van der Waals surface area contributed by atoms with E-state index < -0.39 is 15.3 Å². The average Bonchev–Trinajstić information content (AvgIpc) is 2.81. The van der Waals surface area contributed by atoms with Gasteiger partial charge >= 0.3 is 0 Å². The van der Waals surface area contributed by atoms with E-state index in [0.717, 1.165) is 16.0 Å². The maximum absolute atomic E-state index is 12.7. The van der Waals surface area contributed by atoms with Crippen molar-refractivity contribution in [2.75, 3.05) is 24.3 Å². The molecule has 0 aliphatic carbocycles. The zero-order valence-corrected chi connectivity index (χ0v) is 21.3. The van der Waals surface area contributed by atoms with Gasteiger partial charge < -0.3 is 14.8 Å². The van der Waals surface area contributed by atoms with Crippen LogP contribution in [-0.2, 0) is 14.8 Å². The molecular weight excluding hydrogens is 472 g/mol. The number of nitrogens with one attached hydrogen (secondary N) is 2. The molecule has 3 aromatic carbocycles. The van der Waals surface area contributed by atoms with Crippen LogP contribution < -0.4 is 19.5 Å². The van der Waals surface area contributed by atoms with Crippen LogP contribution in [-0.4, -0.2) is 33.8 Å². The highest BCUT2D eigenvalue weighted by molar-refractivity contribution is 8.00. The molecule has 0 spiro atoms. The van der Waals surface area contributed by atoms with Crippen molar-refractivity contribution in [2.24, 2.45) is 0 Å². The van der Waals surface area contributed by atoms with Gasteiger partial charge in [0.05, 0.1) is 24.4 Å². The molecular formula is C25H28N2O5S2. The Kier molecular flexibility index (Phi) is 8.11. The lowest BCUT2D eigenvalue weighted by Gasteiger charge is -2.14. The normalized spacial score (nSPS) is 12.0. The lowest BCUT2D eigenvalue weighted by atomic mass is 10.1. The van der Waals surface area contributed by atoms with Crippen LogP contribution >= 0.6 is 11.8 Å². The number of amides is 1. The molecule has 0 fully saturated rings. The molecule has 3 rings (SSSR count). The quantitative estimate of drug-likeness (QED) is 0.390. The van der Waals surface area contributed by atoms with Crippen molar-refractivity contribution in [1.82, 2.24) is 0 Å². The first-order valence-electron chi connectivity index (χ1n) is 10.5. The van der Waals surface area contributed by atoms with Gasteiger partial charge in [-0.3, -0.25) is 9.52 Å². The third-order valence-corrected chi connectivity index (χ3v) is 7.72. The van der Waals surface area contributed by atoms with Gasteiger partial charge in [0.25, 0.3) is 10.0 Å². The molecule has 1 amide bonds. The Balaban J connectivity index is 1.64. The number of rotatable bonds is 9. The highest BCUT2D eigenvalue weighted by Gasteiger charge is 2.18. The monoisotopic (exact) mass is 500 g/mol. The van der Waals surface area contributed by atoms with Crippen molar-refractivity contribution < 1.29 is 22.7 Å². The van der Waals surface area contributed by atoms with Gasteiger partial charge in [0, 0.05) is 16.3 Å². The van der Waals surface area contributed by atoms with Gasteiger partial charge in [0.1, 0.15) is 0 Å². The summed E-state index contributed by atoms with van der Waals surface area (Å²) in [5, 5.41) is 2.43. The topological polar surface area (TPSA) is 93.7 Å². The SMILES string of the molecule is COc1ccc(S[C@@H](C)C(=O)Nc2ccc(S(=O)(=O)Nc3ccc(C)c(C)c3)cc2)cc1OC. The Hall–Kier alpha value is -3.17. The second kappa shape index (κ2) is 10.8. The minimum atomic E-state index is -3.75. The number of sulfonamides is 1. The second-order valence-electron chi connectivity index (χ2n) is 7.70. The van der Waals surface area contributed by atoms with Gasteiger partial charge in [-0.1, -0.05) is 6.07 Å². The highest BCUT2D eigenvalue weighted by Crippen LogP contribution is 2.33. The molecule has 0 aliphatic rings. The number of carbonyl (C=O) groups excluding carboxylic acids is 1. The van der Waals surface area contributed by atoms with Crippen LogP contribution in [0.15, 0.2) is 70.5 Å². The molecule has 0 bridgehead atoms. The summed E-state index contributed by atoms with van der Waals surface area (Å²) < 4.78 is 38.6. The molecule has 0 heterocycles. The summed E-state index contributed by atoms with van der Waals surface area (Å²) >= 11 is 1.38. The third-order valence-electron chi connectivity index (χ3n) is 5.23. The van der Waals surface area contributed by atoms with E-state index in [1.165, 1.54) is 23.9 Å². The first-order chi connectivity index (χ1) is 16.1. The Labute approximate surface area is 204 Å². The summed E-state index contributed by atoms with van der Waals surface area (Å²) in [6, 6.07) is 16.9. The van der Waals surface area contributed by atoms with E-state index in [0.29, 0.717) is 22.9 Å². The van der Waals surface area contributed by atoms with Crippen LogP contribution in [0.3, 0.4) is 0 Å². The number of benzene rings is 3. The zero-order chi connectivity index (χ0) is 24.9. The molecule has 0 aliphatic heterocycles. The van der Waals surface area contributed by atoms with E-state index in [-0.39, 0.29) is 10.8 Å². The Bertz CT molecular complexity index is 1270. The number of hydrogen-bond acceptors (Lipinski definition) is 6. The first-order valence-corrected chi connectivity index (χ1v) is 12.9. The van der Waals surface area contributed by atoms with Crippen LogP contribution in [0.4, 0.5) is 11.4 Å². The van der Waals surface area contributed by atoms with Gasteiger partial charge in [-0.25, -0.2) is 8.42 Å². The number of ether oxygens (including phenoxy) is 2. The first kappa shape index (κ1) is 25.5. The van der Waals surface area contributed by atoms with Gasteiger partial charge in [0.15, 0.2) is 11.5 Å². The molecule has 3 aromatic rings. The molecule has 2 N–H and O–H groups in total. The van der Waals surface area contributed by atoms with Gasteiger partial charge in [-0.05, 0) is 86.5 Å². The largest absolute Gasteiger partial charge is 0.493 e. The number of aryl methyl sites for hydroxylation is 2. The zero-order valence-electron chi connectivity index (χ0n) is 19.7. The van der Waals surface area contributed by atoms with Crippen molar-refractivity contribution in [2.45, 2.75) is 35.8 Å². The lowest BCUT2D eigenvalue weighted by molar-refractivity contribution is -0.115. The van der Waals surface area contributed by atoms with Crippen molar-refractivity contribution in [3.63, 3.8) is 0 Å². The standard InChI is InChI=1S/C25H28N2O5S2/c1-16-6-7-20(14-17(16)2)27-34(29,30)22-11-8-19(9-12-22)26-25(28)18(3)33-21-10-13-23(31-4)24(15-21)32-5/h6-15,18,27H,1-5H3,(H,26,28)/t18-/m0/s1. The average molecular weight is 501 g/mol. The summed E-state index contributed by atoms with van der Waals surface area (Å²) in [5.74, 6) is 1.00. The van der Waals surface area contributed by atoms with Gasteiger partial charge in [0.2, 0.25) is 5.91 Å². The molecule has 0 saturated heterocycles. The predicted octanol–water partition coefficient (Wildman–Crippen LogP) is 5.24. The van der Waals surface area contributed by atoms with Crippen LogP contribution in [0, 0.1) is 13.8 Å². The number of anilines is 2. The molecule has 180 valence electrons. The summed E-state index contributed by atoms with van der Waals surface area (Å²) in [4.78, 5) is 13.6. The minimum Gasteiger partial charge on any atom is -0.493 e. The smallest absolute Gasteiger partial charge is 0.261 e. The van der Waals surface area contributed by atoms with E-state index in [1.807, 2.05) is 32.0 Å². The van der Waals surface area contributed by atoms with Crippen molar-refractivity contribution in [3.8, 4) is 11.5 Å². The van der Waals surface area contributed by atoms with Crippen LogP contribution in [0.25, 0.3) is 0 Å². The van der Waals surface area contributed by atoms with Crippen LogP contribution in [0.1, 0.15) is 18.1 Å². The van der Waals surface area contributed by atoms with E-state index >= 15 is 0 Å². The van der Waals surface area contributed by atoms with Crippen molar-refractivity contribution >= 4 is 39.1 Å². The molecule has 0 radical (unpaired) electrons. The number of thioether (sulfide) groups is 1. The van der Waals surface area contributed by atoms with E-state index in [2.05, 4.69) is 10.0 Å². The van der Waals surface area contributed by atoms with E-state index in [4.69, 9.17) is 9.47 Å². The summed E-state index contributed by atoms with van der Waals surface area (Å²) in [6.45, 7) is 5.69. The fraction of sp³-hybridized carbons (Fsp3) is 0.240. The molecule has 0 saturated carbocycles. The van der Waals surface area contributed by atoms with Gasteiger partial charge in [-0.15, -0.1) is 11.8 Å². The fourth-order valence-corrected chi connectivity index (χ4v) is 5.07. The van der Waals surface area contributed by atoms with Gasteiger partial charge in [-0.2, -0.15) is 0 Å². The van der Waals surface area contributed by atoms with Crippen molar-refractivity contribution in [1.29, 1.82) is 0 Å². The minimum absolute atomic E-state index is 0.108. The Morgan fingerprint density at radius 3 is 2.12 bits per heavy atom. The summed E-state index contributed by atoms with van der Waals surface area (Å²) in [5.41, 5.74) is 3.09. The second-order valence-corrected chi connectivity index (χ2v) is 10.8. The predicted molar refractivity (Wildman–Crippen MR) is 137 cm³/mol. The fourth-order valence-electron chi connectivity index (χ4n) is 3.13. The number of hydrogen-bond donors (Lipinski definition) is 2. The van der Waals surface area contributed by atoms with Crippen molar-refractivity contribution in [3.05, 3.63) is 71.8 Å². The Morgan fingerprint density at radius 2 is 1.50 bits per heavy atom. The molecule has 0 unspecified atom stereocenters. The third kappa shape index (κ3) is 6.24. The summed E-state index contributed by atoms with van der Waals surface area (Å²) in [7, 11) is -0.621. The maximum atomic E-state index is 12.7. The van der Waals surface area contributed by atoms with E-state index in [9.17, 15) is 13.2 Å². The Morgan fingerprint density at radius 1 is 0.853 bits per heavy atom. The highest BCUT2D eigenvalue weighted by atomic mass is 32.2. The molecule has 1 atom stereocenters. The molecule has 9 heteroatoms. The maximum Gasteiger partial charge on any atom is 0.261 e. The van der Waals surface area contributed by atoms with Crippen LogP contribution in [0.5, 0.6) is 11.5 Å². The number of methoxy groups -OCH3 is 2. The lowest BCUT2D eigenvalue weighted by Crippen LogP contribution is -2.22. The molecule has 7 nitrogen and oxygen atoms in total. The van der Waals surface area contributed by atoms with Crippen LogP contribution in [0.2, 0.25) is 0 Å². The number of carbonyl (C=O) groups is 1.